The molecular weight excluding hydrogens is 264 g/mol. The summed E-state index contributed by atoms with van der Waals surface area (Å²) >= 11 is 0. The van der Waals surface area contributed by atoms with Crippen LogP contribution in [0.4, 0.5) is 4.79 Å². The molecule has 0 spiro atoms. The van der Waals surface area contributed by atoms with E-state index in [0.29, 0.717) is 10.9 Å². The van der Waals surface area contributed by atoms with Crippen LogP contribution < -0.4 is 10.5 Å². The van der Waals surface area contributed by atoms with E-state index in [9.17, 15) is 9.59 Å². The third-order valence-electron chi connectivity index (χ3n) is 2.80. The van der Waals surface area contributed by atoms with Crippen molar-refractivity contribution >= 4 is 22.9 Å². The van der Waals surface area contributed by atoms with E-state index in [1.165, 1.54) is 0 Å². The minimum atomic E-state index is -1.11. The lowest BCUT2D eigenvalue weighted by atomic mass is 10.2. The number of aromatic nitrogens is 1. The molecular formula is C13H14N2O5. The first-order chi connectivity index (χ1) is 9.56. The molecule has 7 nitrogen and oxygen atoms in total. The number of aliphatic carboxylic acids is 1. The van der Waals surface area contributed by atoms with Gasteiger partial charge >= 0.3 is 12.0 Å². The van der Waals surface area contributed by atoms with E-state index in [-0.39, 0.29) is 24.7 Å². The van der Waals surface area contributed by atoms with Crippen LogP contribution in [-0.4, -0.2) is 40.0 Å². The lowest BCUT2D eigenvalue weighted by Gasteiger charge is -2.07. The summed E-state index contributed by atoms with van der Waals surface area (Å²) in [6.07, 6.45) is -0.404. The molecule has 0 aliphatic carbocycles. The Morgan fingerprint density at radius 2 is 2.00 bits per heavy atom. The molecule has 4 N–H and O–H groups in total. The largest absolute Gasteiger partial charge is 0.489 e. The number of ether oxygens (including phenoxy) is 1. The van der Waals surface area contributed by atoms with Crippen LogP contribution in [0.25, 0.3) is 10.9 Å². The molecule has 0 atom stereocenters. The van der Waals surface area contributed by atoms with Gasteiger partial charge in [-0.3, -0.25) is 9.36 Å². The maximum atomic E-state index is 11.6. The molecule has 1 heterocycles. The standard InChI is InChI=1S/C13H14N2O5/c14-13(19)15-9-4-2-1-3-8(9)12(20-6-5-16)10(15)7-11(17)18/h1-4,16H,5-7H2,(H2,14,19)(H,17,18). The minimum Gasteiger partial charge on any atom is -0.489 e. The van der Waals surface area contributed by atoms with Crippen molar-refractivity contribution < 1.29 is 24.5 Å². The minimum absolute atomic E-state index is 0.000607. The lowest BCUT2D eigenvalue weighted by Crippen LogP contribution is -2.23. The third kappa shape index (κ3) is 2.43. The number of nitrogens with zero attached hydrogens (tertiary/aromatic N) is 1. The number of para-hydroxylation sites is 1. The van der Waals surface area contributed by atoms with Crippen molar-refractivity contribution in [3.8, 4) is 5.75 Å². The van der Waals surface area contributed by atoms with Crippen LogP contribution in [0, 0.1) is 0 Å². The number of hydrogen-bond acceptors (Lipinski definition) is 4. The first kappa shape index (κ1) is 13.9. The molecule has 0 unspecified atom stereocenters. The highest BCUT2D eigenvalue weighted by atomic mass is 16.5. The Morgan fingerprint density at radius 3 is 2.60 bits per heavy atom. The number of carboxylic acid groups (broad SMARTS) is 1. The van der Waals surface area contributed by atoms with Gasteiger partial charge < -0.3 is 20.7 Å². The highest BCUT2D eigenvalue weighted by molar-refractivity contribution is 5.98. The van der Waals surface area contributed by atoms with Crippen molar-refractivity contribution in [1.82, 2.24) is 4.57 Å². The van der Waals surface area contributed by atoms with E-state index in [4.69, 9.17) is 20.7 Å². The Labute approximate surface area is 114 Å². The molecule has 20 heavy (non-hydrogen) atoms. The fourth-order valence-corrected chi connectivity index (χ4v) is 2.13. The van der Waals surface area contributed by atoms with Crippen molar-refractivity contribution in [2.45, 2.75) is 6.42 Å². The zero-order valence-corrected chi connectivity index (χ0v) is 10.6. The molecule has 1 aromatic heterocycles. The molecule has 0 aliphatic heterocycles. The summed E-state index contributed by atoms with van der Waals surface area (Å²) in [6, 6.07) is 6.02. The van der Waals surface area contributed by atoms with Gasteiger partial charge in [0.1, 0.15) is 12.4 Å². The van der Waals surface area contributed by atoms with E-state index < -0.39 is 18.4 Å². The molecule has 2 rings (SSSR count). The quantitative estimate of drug-likeness (QED) is 0.739. The van der Waals surface area contributed by atoms with Gasteiger partial charge in [0.2, 0.25) is 0 Å². The molecule has 0 saturated heterocycles. The molecule has 0 aliphatic rings. The van der Waals surface area contributed by atoms with Gasteiger partial charge in [0, 0.05) is 5.39 Å². The van der Waals surface area contributed by atoms with E-state index in [1.807, 2.05) is 0 Å². The average molecular weight is 278 g/mol. The maximum Gasteiger partial charge on any atom is 0.323 e. The van der Waals surface area contributed by atoms with Crippen LogP contribution >= 0.6 is 0 Å². The van der Waals surface area contributed by atoms with Gasteiger partial charge in [0.25, 0.3) is 0 Å². The number of aliphatic hydroxyl groups is 1. The van der Waals surface area contributed by atoms with Crippen LogP contribution in [-0.2, 0) is 11.2 Å². The highest BCUT2D eigenvalue weighted by Crippen LogP contribution is 2.33. The molecule has 0 saturated carbocycles. The number of hydrogen-bond donors (Lipinski definition) is 3. The number of rotatable bonds is 5. The molecule has 0 bridgehead atoms. The van der Waals surface area contributed by atoms with Gasteiger partial charge in [-0.25, -0.2) is 4.79 Å². The van der Waals surface area contributed by atoms with Crippen molar-refractivity contribution in [2.24, 2.45) is 5.73 Å². The number of fused-ring (bicyclic) bond motifs is 1. The Hall–Kier alpha value is -2.54. The molecule has 0 fully saturated rings. The van der Waals surface area contributed by atoms with Crippen LogP contribution in [0.15, 0.2) is 24.3 Å². The molecule has 7 heteroatoms. The van der Waals surface area contributed by atoms with Crippen LogP contribution in [0.3, 0.4) is 0 Å². The highest BCUT2D eigenvalue weighted by Gasteiger charge is 2.22. The molecule has 2 aromatic rings. The summed E-state index contributed by atoms with van der Waals surface area (Å²) in [5.41, 5.74) is 5.97. The molecule has 1 aromatic carbocycles. The summed E-state index contributed by atoms with van der Waals surface area (Å²) < 4.78 is 6.51. The Bertz CT molecular complexity index is 662. The fourth-order valence-electron chi connectivity index (χ4n) is 2.13. The molecule has 1 amide bonds. The number of amides is 1. The van der Waals surface area contributed by atoms with E-state index in [2.05, 4.69) is 0 Å². The zero-order valence-electron chi connectivity index (χ0n) is 10.6. The maximum absolute atomic E-state index is 11.6. The number of aliphatic hydroxyl groups excluding tert-OH is 1. The van der Waals surface area contributed by atoms with Crippen molar-refractivity contribution in [2.75, 3.05) is 13.2 Å². The van der Waals surface area contributed by atoms with E-state index in [0.717, 1.165) is 4.57 Å². The van der Waals surface area contributed by atoms with Gasteiger partial charge in [-0.15, -0.1) is 0 Å². The van der Waals surface area contributed by atoms with Crippen molar-refractivity contribution in [1.29, 1.82) is 0 Å². The predicted molar refractivity (Wildman–Crippen MR) is 70.8 cm³/mol. The van der Waals surface area contributed by atoms with Gasteiger partial charge in [-0.2, -0.15) is 0 Å². The fraction of sp³-hybridized carbons (Fsp3) is 0.231. The monoisotopic (exact) mass is 278 g/mol. The van der Waals surface area contributed by atoms with E-state index >= 15 is 0 Å². The second-order valence-electron chi connectivity index (χ2n) is 4.11. The predicted octanol–water partition coefficient (Wildman–Crippen LogP) is 0.566. The van der Waals surface area contributed by atoms with Crippen LogP contribution in [0.1, 0.15) is 5.69 Å². The number of primary amides is 1. The van der Waals surface area contributed by atoms with Crippen LogP contribution in [0.2, 0.25) is 0 Å². The summed E-state index contributed by atoms with van der Waals surface area (Å²) in [5, 5.41) is 18.4. The summed E-state index contributed by atoms with van der Waals surface area (Å²) in [4.78, 5) is 22.6. The lowest BCUT2D eigenvalue weighted by molar-refractivity contribution is -0.136. The first-order valence-electron chi connectivity index (χ1n) is 5.93. The summed E-state index contributed by atoms with van der Waals surface area (Å²) in [7, 11) is 0. The van der Waals surface area contributed by atoms with Gasteiger partial charge in [0.05, 0.1) is 24.2 Å². The number of carboxylic acids is 1. The van der Waals surface area contributed by atoms with Gasteiger partial charge in [0.15, 0.2) is 0 Å². The normalized spacial score (nSPS) is 10.7. The molecule has 0 radical (unpaired) electrons. The smallest absolute Gasteiger partial charge is 0.323 e. The summed E-state index contributed by atoms with van der Waals surface area (Å²) in [6.45, 7) is -0.220. The zero-order chi connectivity index (χ0) is 14.7. The molecule has 106 valence electrons. The van der Waals surface area contributed by atoms with Crippen molar-refractivity contribution in [3.05, 3.63) is 30.0 Å². The number of carbonyl (C=O) groups excluding carboxylic acids is 1. The topological polar surface area (TPSA) is 115 Å². The number of benzene rings is 1. The van der Waals surface area contributed by atoms with E-state index in [1.54, 1.807) is 24.3 Å². The third-order valence-corrected chi connectivity index (χ3v) is 2.80. The van der Waals surface area contributed by atoms with Crippen LogP contribution in [0.5, 0.6) is 5.75 Å². The second kappa shape index (κ2) is 5.62. The second-order valence-corrected chi connectivity index (χ2v) is 4.11. The number of carbonyl (C=O) groups is 2. The average Bonchev–Trinajstić information content (AvgIpc) is 2.69. The summed E-state index contributed by atoms with van der Waals surface area (Å²) in [5.74, 6) is -0.847. The number of nitrogens with two attached hydrogens (primary N) is 1. The van der Waals surface area contributed by atoms with Gasteiger partial charge in [-0.05, 0) is 12.1 Å². The Kier molecular flexibility index (Phi) is 3.90. The SMILES string of the molecule is NC(=O)n1c(CC(=O)O)c(OCCO)c2ccccc21. The Balaban J connectivity index is 2.70. The first-order valence-corrected chi connectivity index (χ1v) is 5.93. The Morgan fingerprint density at radius 1 is 1.30 bits per heavy atom. The van der Waals surface area contributed by atoms with Crippen molar-refractivity contribution in [3.63, 3.8) is 0 Å². The van der Waals surface area contributed by atoms with Gasteiger partial charge in [-0.1, -0.05) is 12.1 Å².